The van der Waals surface area contributed by atoms with Crippen LogP contribution in [-0.2, 0) is 27.6 Å². The molecule has 3 aromatic carbocycles. The number of carbonyl (C=O) groups is 1. The van der Waals surface area contributed by atoms with Gasteiger partial charge in [-0.05, 0) is 46.7 Å². The fourth-order valence-electron chi connectivity index (χ4n) is 5.25. The van der Waals surface area contributed by atoms with Gasteiger partial charge in [0, 0.05) is 31.2 Å². The van der Waals surface area contributed by atoms with Crippen LogP contribution in [0.3, 0.4) is 0 Å². The minimum atomic E-state index is -3.30. The summed E-state index contributed by atoms with van der Waals surface area (Å²) in [6, 6.07) is 25.7. The number of fused-ring (bicyclic) bond motifs is 2. The van der Waals surface area contributed by atoms with Crippen molar-refractivity contribution in [3.63, 3.8) is 0 Å². The summed E-state index contributed by atoms with van der Waals surface area (Å²) >= 11 is 0. The van der Waals surface area contributed by atoms with E-state index in [9.17, 15) is 13.2 Å². The van der Waals surface area contributed by atoms with Gasteiger partial charge in [-0.2, -0.15) is 0 Å². The van der Waals surface area contributed by atoms with Crippen LogP contribution in [0.1, 0.15) is 28.2 Å². The average molecular weight is 432 g/mol. The van der Waals surface area contributed by atoms with E-state index >= 15 is 0 Å². The molecule has 1 heterocycles. The minimum absolute atomic E-state index is 0.00127. The number of hydrogen-bond donors (Lipinski definition) is 0. The van der Waals surface area contributed by atoms with Crippen LogP contribution < -0.4 is 0 Å². The van der Waals surface area contributed by atoms with Gasteiger partial charge in [-0.3, -0.25) is 4.79 Å². The van der Waals surface area contributed by atoms with Gasteiger partial charge in [0.15, 0.2) is 9.84 Å². The van der Waals surface area contributed by atoms with Crippen molar-refractivity contribution in [2.24, 2.45) is 11.8 Å². The van der Waals surface area contributed by atoms with Gasteiger partial charge in [0.25, 0.3) is 0 Å². The maximum absolute atomic E-state index is 13.4. The molecule has 5 heteroatoms. The van der Waals surface area contributed by atoms with Gasteiger partial charge in [-0.1, -0.05) is 66.7 Å². The Morgan fingerprint density at radius 2 is 1.61 bits per heavy atom. The number of rotatable bonds is 4. The first kappa shape index (κ1) is 20.0. The normalized spacial score (nSPS) is 22.8. The maximum Gasteiger partial charge on any atom is 0.226 e. The largest absolute Gasteiger partial charge is 0.338 e. The molecule has 1 fully saturated rings. The van der Waals surface area contributed by atoms with Crippen LogP contribution in [-0.4, -0.2) is 32.0 Å². The Morgan fingerprint density at radius 1 is 0.935 bits per heavy atom. The Bertz CT molecular complexity index is 1220. The van der Waals surface area contributed by atoms with Crippen LogP contribution in [0.5, 0.6) is 0 Å². The number of amides is 1. The molecule has 0 aromatic heterocycles. The summed E-state index contributed by atoms with van der Waals surface area (Å²) in [5, 5.41) is 0. The van der Waals surface area contributed by atoms with Crippen molar-refractivity contribution in [2.75, 3.05) is 12.8 Å². The van der Waals surface area contributed by atoms with Crippen molar-refractivity contribution in [2.45, 2.75) is 23.8 Å². The van der Waals surface area contributed by atoms with Gasteiger partial charge in [-0.25, -0.2) is 8.42 Å². The summed E-state index contributed by atoms with van der Waals surface area (Å²) in [5.74, 6) is 0.250. The van der Waals surface area contributed by atoms with Gasteiger partial charge in [0.2, 0.25) is 5.91 Å². The maximum atomic E-state index is 13.4. The fourth-order valence-corrected chi connectivity index (χ4v) is 5.90. The molecule has 0 spiro atoms. The Balaban J connectivity index is 1.57. The zero-order valence-corrected chi connectivity index (χ0v) is 18.3. The number of carbonyl (C=O) groups excluding carboxylic acids is 1. The molecular formula is C26H25NO3S. The second-order valence-corrected chi connectivity index (χ2v) is 10.7. The number of benzene rings is 3. The molecular weight excluding hydrogens is 406 g/mol. The molecule has 1 amide bonds. The SMILES string of the molecule is CS(=O)(=O)c1ccc2c(c1)C(c1ccccc1)C1CN(Cc3ccccc3)C(=O)C1C2. The van der Waals surface area contributed by atoms with E-state index in [4.69, 9.17) is 0 Å². The third kappa shape index (κ3) is 3.68. The molecule has 0 radical (unpaired) electrons. The van der Waals surface area contributed by atoms with Crippen molar-refractivity contribution < 1.29 is 13.2 Å². The Hall–Kier alpha value is -2.92. The summed E-state index contributed by atoms with van der Waals surface area (Å²) in [6.45, 7) is 1.29. The molecule has 158 valence electrons. The first-order valence-electron chi connectivity index (χ1n) is 10.6. The van der Waals surface area contributed by atoms with Crippen LogP contribution >= 0.6 is 0 Å². The van der Waals surface area contributed by atoms with Gasteiger partial charge in [0.1, 0.15) is 0 Å². The molecule has 0 N–H and O–H groups in total. The number of hydrogen-bond acceptors (Lipinski definition) is 3. The smallest absolute Gasteiger partial charge is 0.226 e. The monoisotopic (exact) mass is 431 g/mol. The summed E-state index contributed by atoms with van der Waals surface area (Å²) in [5.41, 5.74) is 4.39. The van der Waals surface area contributed by atoms with Gasteiger partial charge < -0.3 is 4.90 Å². The predicted octanol–water partition coefficient (Wildman–Crippen LogP) is 4.05. The lowest BCUT2D eigenvalue weighted by Crippen LogP contribution is -2.31. The van der Waals surface area contributed by atoms with Crippen molar-refractivity contribution in [1.82, 2.24) is 4.90 Å². The van der Waals surface area contributed by atoms with E-state index in [1.54, 1.807) is 6.07 Å². The number of likely N-dealkylation sites (tertiary alicyclic amines) is 1. The highest BCUT2D eigenvalue weighted by atomic mass is 32.2. The molecule has 3 atom stereocenters. The van der Waals surface area contributed by atoms with E-state index in [0.717, 1.165) is 22.3 Å². The highest BCUT2D eigenvalue weighted by Crippen LogP contribution is 2.48. The third-order valence-electron chi connectivity index (χ3n) is 6.70. The van der Waals surface area contributed by atoms with Gasteiger partial charge >= 0.3 is 0 Å². The fraction of sp³-hybridized carbons (Fsp3) is 0.269. The average Bonchev–Trinajstić information content (AvgIpc) is 3.07. The van der Waals surface area contributed by atoms with Crippen LogP contribution in [0.4, 0.5) is 0 Å². The molecule has 2 aliphatic rings. The lowest BCUT2D eigenvalue weighted by Gasteiger charge is -2.35. The van der Waals surface area contributed by atoms with E-state index < -0.39 is 9.84 Å². The number of nitrogens with zero attached hydrogens (tertiary/aromatic N) is 1. The Morgan fingerprint density at radius 3 is 2.29 bits per heavy atom. The highest BCUT2D eigenvalue weighted by molar-refractivity contribution is 7.90. The van der Waals surface area contributed by atoms with Crippen molar-refractivity contribution in [3.05, 3.63) is 101 Å². The van der Waals surface area contributed by atoms with E-state index in [1.165, 1.54) is 6.26 Å². The van der Waals surface area contributed by atoms with Crippen LogP contribution in [0, 0.1) is 11.8 Å². The summed E-state index contributed by atoms with van der Waals surface area (Å²) in [6.07, 6.45) is 1.91. The molecule has 3 aromatic rings. The van der Waals surface area contributed by atoms with Crippen molar-refractivity contribution in [3.8, 4) is 0 Å². The molecule has 31 heavy (non-hydrogen) atoms. The van der Waals surface area contributed by atoms with Gasteiger partial charge in [-0.15, -0.1) is 0 Å². The molecule has 5 rings (SSSR count). The molecule has 0 saturated carbocycles. The zero-order chi connectivity index (χ0) is 21.6. The second-order valence-electron chi connectivity index (χ2n) is 8.70. The van der Waals surface area contributed by atoms with Crippen molar-refractivity contribution in [1.29, 1.82) is 0 Å². The minimum Gasteiger partial charge on any atom is -0.338 e. The second kappa shape index (κ2) is 7.65. The molecule has 1 saturated heterocycles. The Labute approximate surface area is 183 Å². The predicted molar refractivity (Wildman–Crippen MR) is 120 cm³/mol. The summed E-state index contributed by atoms with van der Waals surface area (Å²) in [7, 11) is -3.30. The lowest BCUT2D eigenvalue weighted by molar-refractivity contribution is -0.131. The lowest BCUT2D eigenvalue weighted by atomic mass is 9.68. The van der Waals surface area contributed by atoms with E-state index in [1.807, 2.05) is 53.4 Å². The molecule has 0 bridgehead atoms. The molecule has 1 aliphatic heterocycles. The first-order valence-corrected chi connectivity index (χ1v) is 12.5. The van der Waals surface area contributed by atoms with Crippen LogP contribution in [0.25, 0.3) is 0 Å². The summed E-state index contributed by atoms with van der Waals surface area (Å²) < 4.78 is 24.5. The third-order valence-corrected chi connectivity index (χ3v) is 7.81. The quantitative estimate of drug-likeness (QED) is 0.626. The molecule has 4 nitrogen and oxygen atoms in total. The van der Waals surface area contributed by atoms with E-state index in [2.05, 4.69) is 24.3 Å². The highest BCUT2D eigenvalue weighted by Gasteiger charge is 2.48. The molecule has 1 aliphatic carbocycles. The van der Waals surface area contributed by atoms with E-state index in [0.29, 0.717) is 24.4 Å². The topological polar surface area (TPSA) is 54.5 Å². The van der Waals surface area contributed by atoms with Crippen LogP contribution in [0.15, 0.2) is 83.8 Å². The number of sulfone groups is 1. The molecule has 3 unspecified atom stereocenters. The zero-order valence-electron chi connectivity index (χ0n) is 17.4. The van der Waals surface area contributed by atoms with Gasteiger partial charge in [0.05, 0.1) is 4.90 Å². The first-order chi connectivity index (χ1) is 14.9. The standard InChI is InChI=1S/C26H25NO3S/c1-31(29,30)21-13-12-20-14-23-24(25(22(20)15-21)19-10-6-3-7-11-19)17-27(26(23)28)16-18-8-4-2-5-9-18/h2-13,15,23-25H,14,16-17H2,1H3. The van der Waals surface area contributed by atoms with Crippen LogP contribution in [0.2, 0.25) is 0 Å². The summed E-state index contributed by atoms with van der Waals surface area (Å²) in [4.78, 5) is 15.7. The Kier molecular flexibility index (Phi) is 4.94. The van der Waals surface area contributed by atoms with Crippen molar-refractivity contribution >= 4 is 15.7 Å². The van der Waals surface area contributed by atoms with E-state index in [-0.39, 0.29) is 23.7 Å².